The minimum Gasteiger partial charge on any atom is -0.508 e. The molecule has 1 atom stereocenters. The zero-order valence-corrected chi connectivity index (χ0v) is 11.7. The number of aromatic hydroxyl groups is 1. The van der Waals surface area contributed by atoms with E-state index in [0.717, 1.165) is 36.2 Å². The van der Waals surface area contributed by atoms with E-state index in [1.54, 1.807) is 12.1 Å². The molecule has 0 radical (unpaired) electrons. The van der Waals surface area contributed by atoms with Crippen molar-refractivity contribution in [2.45, 2.75) is 12.5 Å². The smallest absolute Gasteiger partial charge is 0.120 e. The number of hydrogen-bond acceptors (Lipinski definition) is 4. The SMILES string of the molecule is N#CC[C@H](c1cc(Br)ccc1O)N1CCNCC1. The number of halogens is 1. The average molecular weight is 310 g/mol. The van der Waals surface area contributed by atoms with Crippen molar-refractivity contribution < 1.29 is 5.11 Å². The molecule has 2 N–H and O–H groups in total. The van der Waals surface area contributed by atoms with Gasteiger partial charge in [-0.15, -0.1) is 0 Å². The van der Waals surface area contributed by atoms with Gasteiger partial charge in [-0.25, -0.2) is 0 Å². The summed E-state index contributed by atoms with van der Waals surface area (Å²) < 4.78 is 0.924. The Morgan fingerprint density at radius 3 is 2.83 bits per heavy atom. The second-order valence-electron chi connectivity index (χ2n) is 4.37. The predicted octanol–water partition coefficient (Wildman–Crippen LogP) is 2.01. The highest BCUT2D eigenvalue weighted by Crippen LogP contribution is 2.33. The minimum atomic E-state index is -0.0328. The summed E-state index contributed by atoms with van der Waals surface area (Å²) in [4.78, 5) is 2.25. The van der Waals surface area contributed by atoms with Gasteiger partial charge in [0.25, 0.3) is 0 Å². The van der Waals surface area contributed by atoms with E-state index in [0.29, 0.717) is 6.42 Å². The molecule has 0 unspecified atom stereocenters. The monoisotopic (exact) mass is 309 g/mol. The van der Waals surface area contributed by atoms with E-state index in [1.165, 1.54) is 0 Å². The molecule has 1 fully saturated rings. The van der Waals surface area contributed by atoms with Crippen LogP contribution in [0.4, 0.5) is 0 Å². The summed E-state index contributed by atoms with van der Waals surface area (Å²) in [6.07, 6.45) is 0.393. The van der Waals surface area contributed by atoms with Gasteiger partial charge in [0.2, 0.25) is 0 Å². The maximum atomic E-state index is 9.99. The highest BCUT2D eigenvalue weighted by molar-refractivity contribution is 9.10. The lowest BCUT2D eigenvalue weighted by Crippen LogP contribution is -2.45. The molecule has 18 heavy (non-hydrogen) atoms. The van der Waals surface area contributed by atoms with Crippen LogP contribution in [0.5, 0.6) is 5.75 Å². The lowest BCUT2D eigenvalue weighted by Gasteiger charge is -2.34. The number of phenols is 1. The van der Waals surface area contributed by atoms with Crippen molar-refractivity contribution in [3.63, 3.8) is 0 Å². The molecular formula is C13H16BrN3O. The molecule has 0 bridgehead atoms. The fraction of sp³-hybridized carbons (Fsp3) is 0.462. The summed E-state index contributed by atoms with van der Waals surface area (Å²) in [5, 5.41) is 22.3. The standard InChI is InChI=1S/C13H16BrN3O/c14-10-1-2-13(18)11(9-10)12(3-4-15)17-7-5-16-6-8-17/h1-2,9,12,16,18H,3,5-8H2/t12-/m1/s1. The fourth-order valence-electron chi connectivity index (χ4n) is 2.31. The van der Waals surface area contributed by atoms with Crippen LogP contribution in [0.2, 0.25) is 0 Å². The van der Waals surface area contributed by atoms with Gasteiger partial charge in [-0.3, -0.25) is 4.90 Å². The predicted molar refractivity (Wildman–Crippen MR) is 73.2 cm³/mol. The maximum Gasteiger partial charge on any atom is 0.120 e. The van der Waals surface area contributed by atoms with Crippen molar-refractivity contribution >= 4 is 15.9 Å². The molecule has 0 amide bonds. The van der Waals surface area contributed by atoms with E-state index in [4.69, 9.17) is 5.26 Å². The van der Waals surface area contributed by atoms with Gasteiger partial charge in [0.15, 0.2) is 0 Å². The number of benzene rings is 1. The van der Waals surface area contributed by atoms with E-state index in [9.17, 15) is 5.11 Å². The summed E-state index contributed by atoms with van der Waals surface area (Å²) in [5.74, 6) is 0.261. The Balaban J connectivity index is 2.28. The van der Waals surface area contributed by atoms with Crippen molar-refractivity contribution in [3.8, 4) is 11.8 Å². The highest BCUT2D eigenvalue weighted by atomic mass is 79.9. The van der Waals surface area contributed by atoms with Crippen LogP contribution in [-0.2, 0) is 0 Å². The topological polar surface area (TPSA) is 59.3 Å². The van der Waals surface area contributed by atoms with Crippen LogP contribution in [0.25, 0.3) is 0 Å². The molecule has 1 aliphatic heterocycles. The van der Waals surface area contributed by atoms with Crippen molar-refractivity contribution in [3.05, 3.63) is 28.2 Å². The Morgan fingerprint density at radius 1 is 1.44 bits per heavy atom. The third kappa shape index (κ3) is 3.02. The molecule has 4 nitrogen and oxygen atoms in total. The second-order valence-corrected chi connectivity index (χ2v) is 5.28. The van der Waals surface area contributed by atoms with E-state index in [1.807, 2.05) is 6.07 Å². The van der Waals surface area contributed by atoms with Crippen LogP contribution >= 0.6 is 15.9 Å². The highest BCUT2D eigenvalue weighted by Gasteiger charge is 2.24. The molecule has 0 saturated carbocycles. The van der Waals surface area contributed by atoms with Crippen LogP contribution in [0, 0.1) is 11.3 Å². The van der Waals surface area contributed by atoms with Crippen molar-refractivity contribution in [1.29, 1.82) is 5.26 Å². The number of nitrogens with one attached hydrogen (secondary N) is 1. The Labute approximate surface area is 115 Å². The molecule has 0 aromatic heterocycles. The number of rotatable bonds is 3. The average Bonchev–Trinajstić information content (AvgIpc) is 2.40. The molecular weight excluding hydrogens is 294 g/mol. The summed E-state index contributed by atoms with van der Waals surface area (Å²) in [6, 6.07) is 7.57. The third-order valence-corrected chi connectivity index (χ3v) is 3.72. The van der Waals surface area contributed by atoms with Gasteiger partial charge < -0.3 is 10.4 Å². The van der Waals surface area contributed by atoms with Crippen LogP contribution in [0.1, 0.15) is 18.0 Å². The summed E-state index contributed by atoms with van der Waals surface area (Å²) >= 11 is 3.41. The summed E-state index contributed by atoms with van der Waals surface area (Å²) in [6.45, 7) is 3.66. The number of phenolic OH excluding ortho intramolecular Hbond substituents is 1. The Kier molecular flexibility index (Phi) is 4.59. The molecule has 1 aliphatic rings. The molecule has 5 heteroatoms. The van der Waals surface area contributed by atoms with Gasteiger partial charge >= 0.3 is 0 Å². The maximum absolute atomic E-state index is 9.99. The molecule has 0 aliphatic carbocycles. The molecule has 1 aromatic rings. The van der Waals surface area contributed by atoms with Gasteiger partial charge in [-0.05, 0) is 18.2 Å². The van der Waals surface area contributed by atoms with Crippen LogP contribution < -0.4 is 5.32 Å². The largest absolute Gasteiger partial charge is 0.508 e. The van der Waals surface area contributed by atoms with Crippen LogP contribution in [-0.4, -0.2) is 36.2 Å². The van der Waals surface area contributed by atoms with Gasteiger partial charge in [0.05, 0.1) is 18.5 Å². The first kappa shape index (κ1) is 13.3. The lowest BCUT2D eigenvalue weighted by molar-refractivity contribution is 0.173. The van der Waals surface area contributed by atoms with Gasteiger partial charge in [0.1, 0.15) is 5.75 Å². The Bertz CT molecular complexity index is 452. The molecule has 1 heterocycles. The molecule has 0 spiro atoms. The van der Waals surface area contributed by atoms with Crippen molar-refractivity contribution in [2.75, 3.05) is 26.2 Å². The number of piperazine rings is 1. The first-order chi connectivity index (χ1) is 8.72. The zero-order valence-electron chi connectivity index (χ0n) is 10.1. The van der Waals surface area contributed by atoms with Gasteiger partial charge in [-0.1, -0.05) is 15.9 Å². The first-order valence-corrected chi connectivity index (χ1v) is 6.82. The van der Waals surface area contributed by atoms with E-state index >= 15 is 0 Å². The van der Waals surface area contributed by atoms with E-state index in [-0.39, 0.29) is 11.8 Å². The molecule has 1 saturated heterocycles. The lowest BCUT2D eigenvalue weighted by atomic mass is 10.0. The molecule has 1 aromatic carbocycles. The molecule has 96 valence electrons. The molecule has 2 rings (SSSR count). The van der Waals surface area contributed by atoms with Crippen LogP contribution in [0.3, 0.4) is 0 Å². The normalized spacial score (nSPS) is 18.2. The van der Waals surface area contributed by atoms with Crippen molar-refractivity contribution in [2.24, 2.45) is 0 Å². The van der Waals surface area contributed by atoms with Crippen molar-refractivity contribution in [1.82, 2.24) is 10.2 Å². The number of hydrogen-bond donors (Lipinski definition) is 2. The Hall–Kier alpha value is -1.09. The quantitative estimate of drug-likeness (QED) is 0.897. The fourth-order valence-corrected chi connectivity index (χ4v) is 2.69. The van der Waals surface area contributed by atoms with E-state index in [2.05, 4.69) is 32.2 Å². The van der Waals surface area contributed by atoms with E-state index < -0.39 is 0 Å². The summed E-state index contributed by atoms with van der Waals surface area (Å²) in [5.41, 5.74) is 0.827. The minimum absolute atomic E-state index is 0.0328. The van der Waals surface area contributed by atoms with Gasteiger partial charge in [0, 0.05) is 36.2 Å². The Morgan fingerprint density at radius 2 is 2.17 bits per heavy atom. The second kappa shape index (κ2) is 6.19. The van der Waals surface area contributed by atoms with Crippen LogP contribution in [0.15, 0.2) is 22.7 Å². The number of nitriles is 1. The number of nitrogens with zero attached hydrogens (tertiary/aromatic N) is 2. The summed E-state index contributed by atoms with van der Waals surface area (Å²) in [7, 11) is 0. The first-order valence-electron chi connectivity index (χ1n) is 6.02. The zero-order chi connectivity index (χ0) is 13.0. The van der Waals surface area contributed by atoms with Gasteiger partial charge in [-0.2, -0.15) is 5.26 Å². The third-order valence-electron chi connectivity index (χ3n) is 3.23.